The first-order valence-electron chi connectivity index (χ1n) is 16.1. The van der Waals surface area contributed by atoms with E-state index in [1.807, 2.05) is 6.92 Å². The zero-order valence-corrected chi connectivity index (χ0v) is 25.8. The SMILES string of the molecule is CCCCCCCCCCCCCCCCCCCCCCC(CCCO)OS(=O)(=O)c1ccc(C)cc1. The first-order chi connectivity index (χ1) is 18.5. The number of hydrogen-bond donors (Lipinski definition) is 1. The van der Waals surface area contributed by atoms with Crippen LogP contribution in [0.15, 0.2) is 29.2 Å². The van der Waals surface area contributed by atoms with E-state index in [2.05, 4.69) is 6.92 Å². The summed E-state index contributed by atoms with van der Waals surface area (Å²) >= 11 is 0. The summed E-state index contributed by atoms with van der Waals surface area (Å²) in [7, 11) is -3.76. The molecule has 0 aliphatic heterocycles. The summed E-state index contributed by atoms with van der Waals surface area (Å²) in [5.41, 5.74) is 1.02. The summed E-state index contributed by atoms with van der Waals surface area (Å²) in [6.07, 6.45) is 28.5. The Kier molecular flexibility index (Phi) is 22.1. The summed E-state index contributed by atoms with van der Waals surface area (Å²) in [6, 6.07) is 6.78. The fourth-order valence-corrected chi connectivity index (χ4v) is 6.26. The Morgan fingerprint density at radius 3 is 1.37 bits per heavy atom. The fourth-order valence-electron chi connectivity index (χ4n) is 5.13. The molecular weight excluding hydrogens is 492 g/mol. The largest absolute Gasteiger partial charge is 0.396 e. The molecule has 0 bridgehead atoms. The molecule has 5 heteroatoms. The van der Waals surface area contributed by atoms with Gasteiger partial charge in [-0.3, -0.25) is 4.18 Å². The second kappa shape index (κ2) is 23.9. The lowest BCUT2D eigenvalue weighted by Gasteiger charge is -2.17. The van der Waals surface area contributed by atoms with E-state index in [0.29, 0.717) is 12.8 Å². The molecule has 0 amide bonds. The molecule has 4 nitrogen and oxygen atoms in total. The molecule has 0 radical (unpaired) electrons. The van der Waals surface area contributed by atoms with Gasteiger partial charge in [0, 0.05) is 6.61 Å². The van der Waals surface area contributed by atoms with Gasteiger partial charge in [0.2, 0.25) is 0 Å². The summed E-state index contributed by atoms with van der Waals surface area (Å²) < 4.78 is 30.9. The van der Waals surface area contributed by atoms with Gasteiger partial charge in [-0.25, -0.2) is 0 Å². The van der Waals surface area contributed by atoms with Crippen molar-refractivity contribution in [1.82, 2.24) is 0 Å². The second-order valence-corrected chi connectivity index (χ2v) is 12.9. The van der Waals surface area contributed by atoms with E-state index < -0.39 is 10.1 Å². The number of rotatable bonds is 27. The summed E-state index contributed by atoms with van der Waals surface area (Å²) in [6.45, 7) is 4.27. The third-order valence-electron chi connectivity index (χ3n) is 7.64. The van der Waals surface area contributed by atoms with E-state index in [0.717, 1.165) is 24.8 Å². The number of aliphatic hydroxyl groups excluding tert-OH is 1. The number of unbranched alkanes of at least 4 members (excludes halogenated alkanes) is 19. The van der Waals surface area contributed by atoms with Crippen molar-refractivity contribution in [3.05, 3.63) is 29.8 Å². The molecule has 1 aromatic rings. The highest BCUT2D eigenvalue weighted by atomic mass is 32.2. The molecule has 0 saturated carbocycles. The number of hydrogen-bond acceptors (Lipinski definition) is 4. The topological polar surface area (TPSA) is 63.6 Å². The molecule has 1 rings (SSSR count). The maximum Gasteiger partial charge on any atom is 0.297 e. The minimum Gasteiger partial charge on any atom is -0.396 e. The molecule has 1 aromatic carbocycles. The van der Waals surface area contributed by atoms with Gasteiger partial charge in [-0.15, -0.1) is 0 Å². The molecule has 222 valence electrons. The van der Waals surface area contributed by atoms with Crippen molar-refractivity contribution < 1.29 is 17.7 Å². The molecule has 1 N–H and O–H groups in total. The molecule has 1 atom stereocenters. The molecule has 0 saturated heterocycles. The van der Waals surface area contributed by atoms with E-state index in [1.54, 1.807) is 24.3 Å². The van der Waals surface area contributed by atoms with Crippen molar-refractivity contribution >= 4 is 10.1 Å². The van der Waals surface area contributed by atoms with Gasteiger partial charge in [0.25, 0.3) is 10.1 Å². The molecule has 0 aliphatic rings. The lowest BCUT2D eigenvalue weighted by atomic mass is 10.0. The molecule has 0 aromatic heterocycles. The highest BCUT2D eigenvalue weighted by Crippen LogP contribution is 2.21. The smallest absolute Gasteiger partial charge is 0.297 e. The van der Waals surface area contributed by atoms with E-state index in [4.69, 9.17) is 4.18 Å². The Morgan fingerprint density at radius 2 is 0.974 bits per heavy atom. The van der Waals surface area contributed by atoms with Crippen LogP contribution in [0, 0.1) is 6.92 Å². The van der Waals surface area contributed by atoms with Crippen LogP contribution in [0.25, 0.3) is 0 Å². The predicted octanol–water partition coefficient (Wildman–Crippen LogP) is 10.1. The molecule has 1 unspecified atom stereocenters. The fraction of sp³-hybridized carbons (Fsp3) is 0.818. The van der Waals surface area contributed by atoms with Gasteiger partial charge in [-0.1, -0.05) is 153 Å². The van der Waals surface area contributed by atoms with Crippen LogP contribution in [-0.2, 0) is 14.3 Å². The number of aryl methyl sites for hydroxylation is 1. The molecule has 0 fully saturated rings. The lowest BCUT2D eigenvalue weighted by molar-refractivity contribution is 0.167. The Labute approximate surface area is 236 Å². The Morgan fingerprint density at radius 1 is 0.605 bits per heavy atom. The van der Waals surface area contributed by atoms with Crippen molar-refractivity contribution in [3.63, 3.8) is 0 Å². The van der Waals surface area contributed by atoms with Crippen molar-refractivity contribution in [2.24, 2.45) is 0 Å². The van der Waals surface area contributed by atoms with Crippen LogP contribution in [0.5, 0.6) is 0 Å². The van der Waals surface area contributed by atoms with Crippen LogP contribution in [0.2, 0.25) is 0 Å². The molecule has 0 heterocycles. The number of aliphatic hydroxyl groups is 1. The predicted molar refractivity (Wildman–Crippen MR) is 162 cm³/mol. The van der Waals surface area contributed by atoms with Crippen molar-refractivity contribution in [2.75, 3.05) is 6.61 Å². The zero-order chi connectivity index (χ0) is 27.7. The zero-order valence-electron chi connectivity index (χ0n) is 24.9. The molecular formula is C33H60O4S. The van der Waals surface area contributed by atoms with Crippen LogP contribution in [0.3, 0.4) is 0 Å². The maximum absolute atomic E-state index is 12.6. The van der Waals surface area contributed by atoms with E-state index in [1.165, 1.54) is 116 Å². The van der Waals surface area contributed by atoms with Crippen molar-refractivity contribution in [2.45, 2.75) is 173 Å². The second-order valence-electron chi connectivity index (χ2n) is 11.4. The standard InChI is InChI=1S/C33H60O4S/c1-3-4-5-6-7-8-9-10-11-12-13-14-15-16-17-18-19-20-21-22-24-32(25-23-30-34)37-38(35,36)33-28-26-31(2)27-29-33/h26-29,32,34H,3-25,30H2,1-2H3. The average Bonchev–Trinajstić information content (AvgIpc) is 2.90. The van der Waals surface area contributed by atoms with Crippen LogP contribution in [0.4, 0.5) is 0 Å². The van der Waals surface area contributed by atoms with E-state index >= 15 is 0 Å². The van der Waals surface area contributed by atoms with Gasteiger partial charge in [-0.05, 0) is 38.3 Å². The van der Waals surface area contributed by atoms with Crippen LogP contribution in [-0.4, -0.2) is 26.2 Å². The minimum atomic E-state index is -3.76. The molecule has 38 heavy (non-hydrogen) atoms. The van der Waals surface area contributed by atoms with Gasteiger partial charge < -0.3 is 5.11 Å². The minimum absolute atomic E-state index is 0.0592. The van der Waals surface area contributed by atoms with Gasteiger partial charge in [0.15, 0.2) is 0 Å². The number of benzene rings is 1. The molecule has 0 spiro atoms. The third kappa shape index (κ3) is 19.2. The van der Waals surface area contributed by atoms with Gasteiger partial charge in [-0.2, -0.15) is 8.42 Å². The van der Waals surface area contributed by atoms with Crippen molar-refractivity contribution in [3.8, 4) is 0 Å². The van der Waals surface area contributed by atoms with Crippen molar-refractivity contribution in [1.29, 1.82) is 0 Å². The van der Waals surface area contributed by atoms with Gasteiger partial charge >= 0.3 is 0 Å². The quantitative estimate of drug-likeness (QED) is 0.0871. The van der Waals surface area contributed by atoms with Gasteiger partial charge in [0.1, 0.15) is 0 Å². The normalized spacial score (nSPS) is 12.7. The first-order valence-corrected chi connectivity index (χ1v) is 17.5. The monoisotopic (exact) mass is 552 g/mol. The maximum atomic E-state index is 12.6. The summed E-state index contributed by atoms with van der Waals surface area (Å²) in [4.78, 5) is 0.209. The van der Waals surface area contributed by atoms with Crippen LogP contribution < -0.4 is 0 Å². The molecule has 0 aliphatic carbocycles. The Bertz CT molecular complexity index is 745. The van der Waals surface area contributed by atoms with Crippen LogP contribution >= 0.6 is 0 Å². The van der Waals surface area contributed by atoms with E-state index in [9.17, 15) is 13.5 Å². The first kappa shape index (κ1) is 35.1. The lowest BCUT2D eigenvalue weighted by Crippen LogP contribution is -2.19. The van der Waals surface area contributed by atoms with E-state index in [-0.39, 0.29) is 17.6 Å². The highest BCUT2D eigenvalue weighted by Gasteiger charge is 2.21. The summed E-state index contributed by atoms with van der Waals surface area (Å²) in [5, 5.41) is 9.20. The summed E-state index contributed by atoms with van der Waals surface area (Å²) in [5.74, 6) is 0. The third-order valence-corrected chi connectivity index (χ3v) is 9.01. The highest BCUT2D eigenvalue weighted by molar-refractivity contribution is 7.86. The van der Waals surface area contributed by atoms with Crippen LogP contribution in [0.1, 0.15) is 160 Å². The van der Waals surface area contributed by atoms with Gasteiger partial charge in [0.05, 0.1) is 11.0 Å². The average molecular weight is 553 g/mol. The Balaban J connectivity index is 1.99. The Hall–Kier alpha value is -0.910.